The number of hydrogen-bond acceptors (Lipinski definition) is 4. The lowest BCUT2D eigenvalue weighted by molar-refractivity contribution is 0.0835. The van der Waals surface area contributed by atoms with E-state index in [4.69, 9.17) is 4.74 Å². The second-order valence-corrected chi connectivity index (χ2v) is 8.58. The molecule has 0 N–H and O–H groups in total. The van der Waals surface area contributed by atoms with E-state index in [1.807, 2.05) is 30.3 Å². The van der Waals surface area contributed by atoms with Crippen LogP contribution in [0, 0.1) is 11.7 Å². The summed E-state index contributed by atoms with van der Waals surface area (Å²) in [7, 11) is 2.05. The lowest BCUT2D eigenvalue weighted by Crippen LogP contribution is -2.37. The van der Waals surface area contributed by atoms with Crippen LogP contribution in [0.2, 0.25) is 0 Å². The van der Waals surface area contributed by atoms with Gasteiger partial charge in [-0.2, -0.15) is 0 Å². The number of hydrogen-bond donors (Lipinski definition) is 0. The van der Waals surface area contributed by atoms with Crippen LogP contribution in [0.4, 0.5) is 15.8 Å². The van der Waals surface area contributed by atoms with E-state index in [0.29, 0.717) is 12.2 Å². The fourth-order valence-corrected chi connectivity index (χ4v) is 4.33. The third-order valence-electron chi connectivity index (χ3n) is 6.32. The molecule has 3 aromatic rings. The van der Waals surface area contributed by atoms with Gasteiger partial charge in [-0.3, -0.25) is 4.79 Å². The highest BCUT2D eigenvalue weighted by Gasteiger charge is 2.25. The third kappa shape index (κ3) is 6.20. The van der Waals surface area contributed by atoms with Crippen LogP contribution in [0.25, 0.3) is 0 Å². The Balaban J connectivity index is 1.19. The Morgan fingerprint density at radius 3 is 2.39 bits per heavy atom. The Morgan fingerprint density at radius 2 is 1.67 bits per heavy atom. The largest absolute Gasteiger partial charge is 0.493 e. The normalized spacial score (nSPS) is 14.7. The van der Waals surface area contributed by atoms with Gasteiger partial charge in [-0.25, -0.2) is 4.39 Å². The second kappa shape index (κ2) is 11.1. The van der Waals surface area contributed by atoms with Crippen molar-refractivity contribution in [1.29, 1.82) is 0 Å². The lowest BCUT2D eigenvalue weighted by Gasteiger charge is -2.31. The maximum atomic E-state index is 13.1. The average Bonchev–Trinajstić information content (AvgIpc) is 2.87. The summed E-state index contributed by atoms with van der Waals surface area (Å²) in [6, 6.07) is 24.3. The van der Waals surface area contributed by atoms with Gasteiger partial charge in [0.15, 0.2) is 5.78 Å². The van der Waals surface area contributed by atoms with Crippen molar-refractivity contribution in [3.05, 3.63) is 90.2 Å². The van der Waals surface area contributed by atoms with Gasteiger partial charge in [-0.05, 0) is 80.9 Å². The summed E-state index contributed by atoms with van der Waals surface area (Å²) in [6.45, 7) is 3.44. The molecular weight excluding hydrogens is 415 g/mol. The van der Waals surface area contributed by atoms with Gasteiger partial charge in [-0.15, -0.1) is 0 Å². The first-order valence-electron chi connectivity index (χ1n) is 11.6. The molecule has 1 heterocycles. The molecule has 0 amide bonds. The Bertz CT molecular complexity index is 1030. The second-order valence-electron chi connectivity index (χ2n) is 8.58. The summed E-state index contributed by atoms with van der Waals surface area (Å²) < 4.78 is 19.1. The highest BCUT2D eigenvalue weighted by atomic mass is 19.1. The monoisotopic (exact) mass is 446 g/mol. The third-order valence-corrected chi connectivity index (χ3v) is 6.32. The van der Waals surface area contributed by atoms with E-state index in [2.05, 4.69) is 41.1 Å². The number of carbonyl (C=O) groups is 1. The molecule has 4 rings (SSSR count). The zero-order chi connectivity index (χ0) is 23.0. The van der Waals surface area contributed by atoms with Crippen LogP contribution in [0.1, 0.15) is 29.6 Å². The number of halogens is 1. The van der Waals surface area contributed by atoms with Crippen molar-refractivity contribution in [2.45, 2.75) is 19.3 Å². The molecule has 0 bridgehead atoms. The van der Waals surface area contributed by atoms with E-state index < -0.39 is 0 Å². The van der Waals surface area contributed by atoms with Gasteiger partial charge in [-0.1, -0.05) is 24.3 Å². The summed E-state index contributed by atoms with van der Waals surface area (Å²) in [5.74, 6) is 0.739. The van der Waals surface area contributed by atoms with E-state index in [-0.39, 0.29) is 17.5 Å². The number of likely N-dealkylation sites (tertiary alicyclic amines) is 1. The standard InChI is InChI=1S/C28H31FN2O2/c1-30(25-7-3-2-4-8-25)26-9-5-10-27(21-26)33-20-6-17-31-18-15-23(16-19-31)28(32)22-11-13-24(29)14-12-22/h2-5,7-14,21,23H,6,15-20H2,1H3. The van der Waals surface area contributed by atoms with Crippen molar-refractivity contribution in [3.63, 3.8) is 0 Å². The van der Waals surface area contributed by atoms with Crippen LogP contribution < -0.4 is 9.64 Å². The molecule has 0 radical (unpaired) electrons. The van der Waals surface area contributed by atoms with Gasteiger partial charge in [0, 0.05) is 42.5 Å². The first-order valence-corrected chi connectivity index (χ1v) is 11.6. The molecule has 1 saturated heterocycles. The summed E-state index contributed by atoms with van der Waals surface area (Å²) in [5.41, 5.74) is 2.84. The number of piperidine rings is 1. The van der Waals surface area contributed by atoms with E-state index in [9.17, 15) is 9.18 Å². The number of nitrogens with zero attached hydrogens (tertiary/aromatic N) is 2. The highest BCUT2D eigenvalue weighted by molar-refractivity contribution is 5.97. The SMILES string of the molecule is CN(c1ccccc1)c1cccc(OCCCN2CCC(C(=O)c3ccc(F)cc3)CC2)c1. The number of anilines is 2. The van der Waals surface area contributed by atoms with Gasteiger partial charge < -0.3 is 14.5 Å². The minimum absolute atomic E-state index is 0.0345. The average molecular weight is 447 g/mol. The van der Waals surface area contributed by atoms with Gasteiger partial charge in [0.2, 0.25) is 0 Å². The molecule has 0 unspecified atom stereocenters. The van der Waals surface area contributed by atoms with Crippen molar-refractivity contribution in [2.24, 2.45) is 5.92 Å². The maximum absolute atomic E-state index is 13.1. The Kier molecular flexibility index (Phi) is 7.74. The molecule has 4 nitrogen and oxygen atoms in total. The molecule has 33 heavy (non-hydrogen) atoms. The summed E-state index contributed by atoms with van der Waals surface area (Å²) >= 11 is 0. The van der Waals surface area contributed by atoms with Crippen molar-refractivity contribution < 1.29 is 13.9 Å². The number of para-hydroxylation sites is 1. The molecule has 172 valence electrons. The molecule has 1 aliphatic rings. The Hall–Kier alpha value is -3.18. The van der Waals surface area contributed by atoms with Crippen molar-refractivity contribution in [2.75, 3.05) is 38.2 Å². The van der Waals surface area contributed by atoms with Gasteiger partial charge >= 0.3 is 0 Å². The van der Waals surface area contributed by atoms with Crippen molar-refractivity contribution >= 4 is 17.2 Å². The van der Waals surface area contributed by atoms with Crippen molar-refractivity contribution in [1.82, 2.24) is 4.90 Å². The Labute approximate surface area is 195 Å². The molecule has 5 heteroatoms. The fourth-order valence-electron chi connectivity index (χ4n) is 4.33. The number of ether oxygens (including phenoxy) is 1. The molecule has 0 atom stereocenters. The minimum atomic E-state index is -0.307. The van der Waals surface area contributed by atoms with Gasteiger partial charge in [0.25, 0.3) is 0 Å². The molecule has 0 aliphatic carbocycles. The van der Waals surface area contributed by atoms with Crippen LogP contribution in [0.15, 0.2) is 78.9 Å². The van der Waals surface area contributed by atoms with E-state index >= 15 is 0 Å². The van der Waals surface area contributed by atoms with E-state index in [0.717, 1.165) is 56.0 Å². The molecular formula is C28H31FN2O2. The number of benzene rings is 3. The van der Waals surface area contributed by atoms with Gasteiger partial charge in [0.05, 0.1) is 6.61 Å². The van der Waals surface area contributed by atoms with E-state index in [1.54, 1.807) is 12.1 Å². The summed E-state index contributed by atoms with van der Waals surface area (Å²) in [4.78, 5) is 17.2. The molecule has 0 spiro atoms. The molecule has 3 aromatic carbocycles. The zero-order valence-electron chi connectivity index (χ0n) is 19.1. The zero-order valence-corrected chi connectivity index (χ0v) is 19.1. The Morgan fingerprint density at radius 1 is 0.970 bits per heavy atom. The van der Waals surface area contributed by atoms with Crippen LogP contribution >= 0.6 is 0 Å². The smallest absolute Gasteiger partial charge is 0.166 e. The van der Waals surface area contributed by atoms with Crippen LogP contribution in [-0.4, -0.2) is 44.0 Å². The summed E-state index contributed by atoms with van der Waals surface area (Å²) in [5, 5.41) is 0. The number of Topliss-reactive ketones (excluding diaryl/α,β-unsaturated/α-hetero) is 1. The van der Waals surface area contributed by atoms with Crippen LogP contribution in [0.5, 0.6) is 5.75 Å². The molecule has 1 aliphatic heterocycles. The predicted octanol–water partition coefficient (Wildman–Crippen LogP) is 5.96. The quantitative estimate of drug-likeness (QED) is 0.300. The topological polar surface area (TPSA) is 32.8 Å². The fraction of sp³-hybridized carbons (Fsp3) is 0.321. The number of rotatable bonds is 9. The first kappa shape index (κ1) is 23.0. The van der Waals surface area contributed by atoms with Crippen LogP contribution in [-0.2, 0) is 0 Å². The molecule has 1 fully saturated rings. The minimum Gasteiger partial charge on any atom is -0.493 e. The number of carbonyl (C=O) groups excluding carboxylic acids is 1. The molecule has 0 aromatic heterocycles. The van der Waals surface area contributed by atoms with E-state index in [1.165, 1.54) is 12.1 Å². The molecule has 0 saturated carbocycles. The lowest BCUT2D eigenvalue weighted by atomic mass is 9.89. The number of ketones is 1. The van der Waals surface area contributed by atoms with Gasteiger partial charge in [0.1, 0.15) is 11.6 Å². The summed E-state index contributed by atoms with van der Waals surface area (Å²) in [6.07, 6.45) is 2.64. The maximum Gasteiger partial charge on any atom is 0.166 e. The first-order chi connectivity index (χ1) is 16.1. The van der Waals surface area contributed by atoms with Crippen molar-refractivity contribution in [3.8, 4) is 5.75 Å². The highest BCUT2D eigenvalue weighted by Crippen LogP contribution is 2.27. The predicted molar refractivity (Wildman–Crippen MR) is 131 cm³/mol. The van der Waals surface area contributed by atoms with Crippen LogP contribution in [0.3, 0.4) is 0 Å².